The maximum absolute atomic E-state index is 13.2. The zero-order valence-corrected chi connectivity index (χ0v) is 16.6. The fraction of sp³-hybridized carbons (Fsp3) is 0.292. The first-order valence-corrected chi connectivity index (χ1v) is 10.3. The minimum absolute atomic E-state index is 0.00254. The fourth-order valence-corrected chi connectivity index (χ4v) is 4.30. The first-order valence-electron chi connectivity index (χ1n) is 10.3. The number of para-hydroxylation sites is 2. The van der Waals surface area contributed by atoms with Crippen LogP contribution in [-0.2, 0) is 19.3 Å². The summed E-state index contributed by atoms with van der Waals surface area (Å²) in [7, 11) is 0. The molecular weight excluding hydrogens is 360 g/mol. The van der Waals surface area contributed by atoms with Gasteiger partial charge in [0.2, 0.25) is 0 Å². The third-order valence-electron chi connectivity index (χ3n) is 5.73. The first-order chi connectivity index (χ1) is 14.2. The molecule has 0 bridgehead atoms. The molecule has 1 aliphatic carbocycles. The van der Waals surface area contributed by atoms with E-state index >= 15 is 0 Å². The summed E-state index contributed by atoms with van der Waals surface area (Å²) in [6.45, 7) is 2.60. The largest absolute Gasteiger partial charge is 0.352 e. The van der Waals surface area contributed by atoms with Crippen LogP contribution in [0.3, 0.4) is 0 Å². The number of aromatic nitrogens is 3. The monoisotopic (exact) mass is 384 g/mol. The SMILES string of the molecule is Cc1ccc2nc3c(c(C(=O)NCCc4nc5ccccc5[nH]4)c2c1)CCCC3. The van der Waals surface area contributed by atoms with Crippen molar-refractivity contribution in [2.75, 3.05) is 6.54 Å². The summed E-state index contributed by atoms with van der Waals surface area (Å²) >= 11 is 0. The molecule has 0 fully saturated rings. The number of nitrogens with zero attached hydrogens (tertiary/aromatic N) is 2. The van der Waals surface area contributed by atoms with Gasteiger partial charge >= 0.3 is 0 Å². The molecule has 2 heterocycles. The molecule has 0 radical (unpaired) electrons. The Morgan fingerprint density at radius 1 is 1.07 bits per heavy atom. The van der Waals surface area contributed by atoms with Crippen LogP contribution in [0.4, 0.5) is 0 Å². The molecule has 2 aromatic heterocycles. The van der Waals surface area contributed by atoms with Crippen molar-refractivity contribution in [1.29, 1.82) is 0 Å². The minimum atomic E-state index is -0.00254. The Morgan fingerprint density at radius 3 is 2.83 bits per heavy atom. The molecule has 5 heteroatoms. The third kappa shape index (κ3) is 3.37. The normalized spacial score (nSPS) is 13.6. The summed E-state index contributed by atoms with van der Waals surface area (Å²) in [6, 6.07) is 14.2. The number of amides is 1. The number of hydrogen-bond donors (Lipinski definition) is 2. The highest BCUT2D eigenvalue weighted by Gasteiger charge is 2.22. The van der Waals surface area contributed by atoms with E-state index in [1.54, 1.807) is 0 Å². The van der Waals surface area contributed by atoms with Crippen molar-refractivity contribution >= 4 is 27.8 Å². The van der Waals surface area contributed by atoms with Gasteiger partial charge in [-0.1, -0.05) is 23.8 Å². The van der Waals surface area contributed by atoms with Crippen LogP contribution in [-0.4, -0.2) is 27.4 Å². The summed E-state index contributed by atoms with van der Waals surface area (Å²) in [5.74, 6) is 0.890. The molecule has 0 atom stereocenters. The number of rotatable bonds is 4. The first kappa shape index (κ1) is 17.9. The molecule has 146 valence electrons. The molecule has 0 unspecified atom stereocenters. The number of H-pyrrole nitrogens is 1. The summed E-state index contributed by atoms with van der Waals surface area (Å²) < 4.78 is 0. The van der Waals surface area contributed by atoms with Gasteiger partial charge in [0.25, 0.3) is 5.91 Å². The quantitative estimate of drug-likeness (QED) is 0.552. The maximum atomic E-state index is 13.2. The van der Waals surface area contributed by atoms with E-state index in [9.17, 15) is 4.79 Å². The van der Waals surface area contributed by atoms with Gasteiger partial charge in [-0.05, 0) is 62.4 Å². The Kier molecular flexibility index (Phi) is 4.51. The van der Waals surface area contributed by atoms with Gasteiger partial charge in [0.1, 0.15) is 5.82 Å². The van der Waals surface area contributed by atoms with Gasteiger partial charge in [-0.25, -0.2) is 4.98 Å². The lowest BCUT2D eigenvalue weighted by molar-refractivity contribution is 0.0954. The summed E-state index contributed by atoms with van der Waals surface area (Å²) in [5.41, 5.74) is 7.09. The fourth-order valence-electron chi connectivity index (χ4n) is 4.30. The maximum Gasteiger partial charge on any atom is 0.252 e. The number of benzene rings is 2. The number of nitrogens with one attached hydrogen (secondary N) is 2. The number of pyridine rings is 1. The lowest BCUT2D eigenvalue weighted by atomic mass is 9.89. The number of aryl methyl sites for hydroxylation is 2. The van der Waals surface area contributed by atoms with Crippen LogP contribution in [0.25, 0.3) is 21.9 Å². The molecule has 2 aromatic carbocycles. The van der Waals surface area contributed by atoms with Gasteiger partial charge in [0.15, 0.2) is 0 Å². The van der Waals surface area contributed by atoms with Gasteiger partial charge < -0.3 is 10.3 Å². The lowest BCUT2D eigenvalue weighted by Crippen LogP contribution is -2.28. The van der Waals surface area contributed by atoms with Crippen molar-refractivity contribution in [1.82, 2.24) is 20.3 Å². The van der Waals surface area contributed by atoms with E-state index in [1.807, 2.05) is 30.3 Å². The van der Waals surface area contributed by atoms with E-state index in [4.69, 9.17) is 4.98 Å². The average molecular weight is 384 g/mol. The lowest BCUT2D eigenvalue weighted by Gasteiger charge is -2.20. The van der Waals surface area contributed by atoms with E-state index in [1.165, 1.54) is 0 Å². The van der Waals surface area contributed by atoms with Crippen molar-refractivity contribution in [3.8, 4) is 0 Å². The highest BCUT2D eigenvalue weighted by molar-refractivity contribution is 6.08. The number of aromatic amines is 1. The van der Waals surface area contributed by atoms with Crippen LogP contribution in [0.1, 0.15) is 45.8 Å². The summed E-state index contributed by atoms with van der Waals surface area (Å²) in [4.78, 5) is 26.0. The highest BCUT2D eigenvalue weighted by atomic mass is 16.1. The molecule has 5 rings (SSSR count). The Morgan fingerprint density at radius 2 is 1.93 bits per heavy atom. The topological polar surface area (TPSA) is 70.7 Å². The Bertz CT molecular complexity index is 1190. The van der Waals surface area contributed by atoms with Crippen LogP contribution in [0.2, 0.25) is 0 Å². The number of carbonyl (C=O) groups is 1. The van der Waals surface area contributed by atoms with Crippen LogP contribution in [0.5, 0.6) is 0 Å². The third-order valence-corrected chi connectivity index (χ3v) is 5.73. The Hall–Kier alpha value is -3.21. The van der Waals surface area contributed by atoms with E-state index in [0.717, 1.165) is 75.8 Å². The number of imidazole rings is 1. The van der Waals surface area contributed by atoms with Crippen LogP contribution >= 0.6 is 0 Å². The molecular formula is C24H24N4O. The molecule has 0 saturated heterocycles. The van der Waals surface area contributed by atoms with E-state index in [-0.39, 0.29) is 5.91 Å². The standard InChI is InChI=1S/C24H24N4O/c1-15-10-11-19-17(14-15)23(16-6-2-3-7-18(16)26-19)24(29)25-13-12-22-27-20-8-4-5-9-21(20)28-22/h4-5,8-11,14H,2-3,6-7,12-13H2,1H3,(H,25,29)(H,27,28). The predicted octanol–water partition coefficient (Wildman–Crippen LogP) is 4.27. The van der Waals surface area contributed by atoms with Gasteiger partial charge in [-0.2, -0.15) is 0 Å². The number of fused-ring (bicyclic) bond motifs is 3. The van der Waals surface area contributed by atoms with Crippen molar-refractivity contribution in [2.45, 2.75) is 39.0 Å². The van der Waals surface area contributed by atoms with E-state index in [0.29, 0.717) is 13.0 Å². The Labute approximate surface area is 169 Å². The average Bonchev–Trinajstić information content (AvgIpc) is 3.14. The van der Waals surface area contributed by atoms with Crippen molar-refractivity contribution in [2.24, 2.45) is 0 Å². The number of carbonyl (C=O) groups excluding carboxylic acids is 1. The minimum Gasteiger partial charge on any atom is -0.352 e. The second kappa shape index (κ2) is 7.32. The van der Waals surface area contributed by atoms with Crippen LogP contribution in [0, 0.1) is 6.92 Å². The smallest absolute Gasteiger partial charge is 0.252 e. The van der Waals surface area contributed by atoms with Gasteiger partial charge in [-0.3, -0.25) is 9.78 Å². The van der Waals surface area contributed by atoms with Gasteiger partial charge in [0.05, 0.1) is 22.1 Å². The van der Waals surface area contributed by atoms with Crippen LogP contribution < -0.4 is 5.32 Å². The molecule has 29 heavy (non-hydrogen) atoms. The Balaban J connectivity index is 1.42. The van der Waals surface area contributed by atoms with Gasteiger partial charge in [-0.15, -0.1) is 0 Å². The van der Waals surface area contributed by atoms with Crippen molar-refractivity contribution in [3.63, 3.8) is 0 Å². The van der Waals surface area contributed by atoms with E-state index in [2.05, 4.69) is 34.3 Å². The molecule has 1 amide bonds. The van der Waals surface area contributed by atoms with Crippen molar-refractivity contribution in [3.05, 3.63) is 70.7 Å². The molecule has 5 nitrogen and oxygen atoms in total. The zero-order chi connectivity index (χ0) is 19.8. The molecule has 0 saturated carbocycles. The number of hydrogen-bond acceptors (Lipinski definition) is 3. The molecule has 0 spiro atoms. The predicted molar refractivity (Wildman–Crippen MR) is 115 cm³/mol. The second-order valence-electron chi connectivity index (χ2n) is 7.85. The summed E-state index contributed by atoms with van der Waals surface area (Å²) in [5, 5.41) is 4.09. The van der Waals surface area contributed by atoms with E-state index < -0.39 is 0 Å². The molecule has 4 aromatic rings. The highest BCUT2D eigenvalue weighted by Crippen LogP contribution is 2.29. The molecule has 1 aliphatic rings. The summed E-state index contributed by atoms with van der Waals surface area (Å²) in [6.07, 6.45) is 4.82. The van der Waals surface area contributed by atoms with Gasteiger partial charge in [0, 0.05) is 24.0 Å². The van der Waals surface area contributed by atoms with Crippen molar-refractivity contribution < 1.29 is 4.79 Å². The zero-order valence-electron chi connectivity index (χ0n) is 16.6. The molecule has 2 N–H and O–H groups in total. The second-order valence-corrected chi connectivity index (χ2v) is 7.85. The molecule has 0 aliphatic heterocycles. The van der Waals surface area contributed by atoms with Crippen LogP contribution in [0.15, 0.2) is 42.5 Å².